The first kappa shape index (κ1) is 18.1. The molecule has 0 spiro atoms. The van der Waals surface area contributed by atoms with Gasteiger partial charge in [0.05, 0.1) is 0 Å². The number of amides is 1. The lowest BCUT2D eigenvalue weighted by molar-refractivity contribution is -0.122. The third-order valence-corrected chi connectivity index (χ3v) is 5.00. The maximum absolute atomic E-state index is 11.7. The number of nitrogens with one attached hydrogen (secondary N) is 1. The van der Waals surface area contributed by atoms with Crippen molar-refractivity contribution >= 4 is 40.3 Å². The number of carbonyl (C=O) groups excluding carboxylic acids is 1. The van der Waals surface area contributed by atoms with Crippen LogP contribution < -0.4 is 10.1 Å². The van der Waals surface area contributed by atoms with Crippen molar-refractivity contribution < 1.29 is 9.53 Å². The molecule has 0 bridgehead atoms. The van der Waals surface area contributed by atoms with Crippen molar-refractivity contribution in [2.45, 2.75) is 12.7 Å². The van der Waals surface area contributed by atoms with Crippen molar-refractivity contribution in [1.82, 2.24) is 5.32 Å². The molecule has 5 heteroatoms. The van der Waals surface area contributed by atoms with Gasteiger partial charge in [-0.2, -0.15) is 11.8 Å². The number of hydrogen-bond donors (Lipinski definition) is 1. The van der Waals surface area contributed by atoms with Crippen molar-refractivity contribution in [1.29, 1.82) is 0 Å². The van der Waals surface area contributed by atoms with Crippen molar-refractivity contribution in [3.8, 4) is 5.75 Å². The van der Waals surface area contributed by atoms with Crippen LogP contribution in [0, 0.1) is 10.5 Å². The summed E-state index contributed by atoms with van der Waals surface area (Å²) in [6.45, 7) is 2.84. The molecule has 3 nitrogen and oxygen atoms in total. The minimum absolute atomic E-state index is 0.0586. The molecule has 23 heavy (non-hydrogen) atoms. The summed E-state index contributed by atoms with van der Waals surface area (Å²) in [6, 6.07) is 16.0. The number of rotatable bonds is 8. The molecule has 0 aliphatic carbocycles. The number of benzene rings is 2. The number of halogens is 1. The van der Waals surface area contributed by atoms with Gasteiger partial charge in [0.15, 0.2) is 6.61 Å². The van der Waals surface area contributed by atoms with E-state index in [1.807, 2.05) is 36.0 Å². The molecule has 0 aromatic heterocycles. The SMILES string of the molecule is Cc1ccccc1CSCCNC(=O)COc1ccc(I)cc1. The van der Waals surface area contributed by atoms with Gasteiger partial charge in [-0.25, -0.2) is 0 Å². The van der Waals surface area contributed by atoms with Crippen LogP contribution in [-0.2, 0) is 10.5 Å². The van der Waals surface area contributed by atoms with E-state index in [1.54, 1.807) is 0 Å². The fourth-order valence-corrected chi connectivity index (χ4v) is 3.24. The van der Waals surface area contributed by atoms with E-state index in [0.29, 0.717) is 6.54 Å². The standard InChI is InChI=1S/C18H20INO2S/c1-14-4-2-3-5-15(14)13-23-11-10-20-18(21)12-22-17-8-6-16(19)7-9-17/h2-9H,10-13H2,1H3,(H,20,21). The van der Waals surface area contributed by atoms with Gasteiger partial charge < -0.3 is 10.1 Å². The van der Waals surface area contributed by atoms with Gasteiger partial charge in [-0.3, -0.25) is 4.79 Å². The fourth-order valence-electron chi connectivity index (χ4n) is 1.95. The molecule has 0 saturated carbocycles. The number of aryl methyl sites for hydroxylation is 1. The zero-order chi connectivity index (χ0) is 16.5. The molecule has 0 fully saturated rings. The zero-order valence-corrected chi connectivity index (χ0v) is 16.0. The third-order valence-electron chi connectivity index (χ3n) is 3.27. The van der Waals surface area contributed by atoms with E-state index in [-0.39, 0.29) is 12.5 Å². The highest BCUT2D eigenvalue weighted by Gasteiger charge is 2.03. The van der Waals surface area contributed by atoms with Gasteiger partial charge in [-0.05, 0) is 64.9 Å². The second kappa shape index (κ2) is 9.82. The molecule has 0 radical (unpaired) electrons. The molecule has 0 aliphatic heterocycles. The monoisotopic (exact) mass is 441 g/mol. The molecule has 0 aliphatic rings. The Morgan fingerprint density at radius 3 is 2.65 bits per heavy atom. The van der Waals surface area contributed by atoms with Gasteiger partial charge >= 0.3 is 0 Å². The van der Waals surface area contributed by atoms with Crippen LogP contribution in [0.4, 0.5) is 0 Å². The second-order valence-electron chi connectivity index (χ2n) is 5.07. The van der Waals surface area contributed by atoms with E-state index in [4.69, 9.17) is 4.74 Å². The van der Waals surface area contributed by atoms with Crippen LogP contribution >= 0.6 is 34.4 Å². The third kappa shape index (κ3) is 6.83. The van der Waals surface area contributed by atoms with Crippen molar-refractivity contribution in [2.75, 3.05) is 18.9 Å². The first-order chi connectivity index (χ1) is 11.1. The van der Waals surface area contributed by atoms with Crippen LogP contribution in [0.3, 0.4) is 0 Å². The van der Waals surface area contributed by atoms with Gasteiger partial charge in [-0.1, -0.05) is 24.3 Å². The average Bonchev–Trinajstić information content (AvgIpc) is 2.55. The number of ether oxygens (including phenoxy) is 1. The summed E-state index contributed by atoms with van der Waals surface area (Å²) in [4.78, 5) is 11.7. The summed E-state index contributed by atoms with van der Waals surface area (Å²) >= 11 is 4.06. The Balaban J connectivity index is 1.58. The van der Waals surface area contributed by atoms with Crippen molar-refractivity contribution in [3.63, 3.8) is 0 Å². The quantitative estimate of drug-likeness (QED) is 0.497. The lowest BCUT2D eigenvalue weighted by Gasteiger charge is -2.08. The van der Waals surface area contributed by atoms with Crippen LogP contribution in [0.1, 0.15) is 11.1 Å². The molecule has 0 heterocycles. The maximum atomic E-state index is 11.7. The van der Waals surface area contributed by atoms with Crippen LogP contribution in [0.25, 0.3) is 0 Å². The molecule has 0 unspecified atom stereocenters. The van der Waals surface area contributed by atoms with Crippen molar-refractivity contribution in [2.24, 2.45) is 0 Å². The summed E-state index contributed by atoms with van der Waals surface area (Å²) in [5.41, 5.74) is 2.67. The zero-order valence-electron chi connectivity index (χ0n) is 13.0. The molecule has 2 aromatic carbocycles. The highest BCUT2D eigenvalue weighted by Crippen LogP contribution is 2.15. The molecule has 0 saturated heterocycles. The van der Waals surface area contributed by atoms with Gasteiger partial charge in [0.25, 0.3) is 5.91 Å². The highest BCUT2D eigenvalue weighted by atomic mass is 127. The first-order valence-electron chi connectivity index (χ1n) is 7.42. The average molecular weight is 441 g/mol. The Bertz CT molecular complexity index is 631. The molecule has 0 atom stereocenters. The summed E-state index contributed by atoms with van der Waals surface area (Å²) in [5.74, 6) is 2.50. The molecule has 2 aromatic rings. The lowest BCUT2D eigenvalue weighted by Crippen LogP contribution is -2.30. The van der Waals surface area contributed by atoms with E-state index in [9.17, 15) is 4.79 Å². The van der Waals surface area contributed by atoms with E-state index in [1.165, 1.54) is 11.1 Å². The summed E-state index contributed by atoms with van der Waals surface area (Å²) < 4.78 is 6.59. The number of hydrogen-bond acceptors (Lipinski definition) is 3. The minimum Gasteiger partial charge on any atom is -0.484 e. The smallest absolute Gasteiger partial charge is 0.257 e. The number of carbonyl (C=O) groups is 1. The largest absolute Gasteiger partial charge is 0.484 e. The van der Waals surface area contributed by atoms with Gasteiger partial charge in [0, 0.05) is 21.6 Å². The van der Waals surface area contributed by atoms with Gasteiger partial charge in [0.2, 0.25) is 0 Å². The maximum Gasteiger partial charge on any atom is 0.257 e. The Morgan fingerprint density at radius 1 is 1.17 bits per heavy atom. The Labute approximate surface area is 155 Å². The molecule has 122 valence electrons. The Morgan fingerprint density at radius 2 is 1.91 bits per heavy atom. The lowest BCUT2D eigenvalue weighted by atomic mass is 10.1. The van der Waals surface area contributed by atoms with Gasteiger partial charge in [-0.15, -0.1) is 0 Å². The molecular weight excluding hydrogens is 421 g/mol. The normalized spacial score (nSPS) is 10.3. The summed E-state index contributed by atoms with van der Waals surface area (Å²) in [5, 5.41) is 2.88. The van der Waals surface area contributed by atoms with E-state index >= 15 is 0 Å². The van der Waals surface area contributed by atoms with Crippen LogP contribution in [0.15, 0.2) is 48.5 Å². The molecule has 1 N–H and O–H groups in total. The first-order valence-corrected chi connectivity index (χ1v) is 9.66. The van der Waals surface area contributed by atoms with E-state index in [2.05, 4.69) is 59.1 Å². The predicted molar refractivity (Wildman–Crippen MR) is 105 cm³/mol. The van der Waals surface area contributed by atoms with Crippen molar-refractivity contribution in [3.05, 3.63) is 63.2 Å². The van der Waals surface area contributed by atoms with Gasteiger partial charge in [0.1, 0.15) is 5.75 Å². The second-order valence-corrected chi connectivity index (χ2v) is 7.42. The van der Waals surface area contributed by atoms with Crippen LogP contribution in [0.5, 0.6) is 5.75 Å². The summed E-state index contributed by atoms with van der Waals surface area (Å²) in [6.07, 6.45) is 0. The Hall–Kier alpha value is -1.21. The highest BCUT2D eigenvalue weighted by molar-refractivity contribution is 14.1. The van der Waals surface area contributed by atoms with E-state index in [0.717, 1.165) is 20.8 Å². The number of thioether (sulfide) groups is 1. The van der Waals surface area contributed by atoms with Crippen LogP contribution in [0.2, 0.25) is 0 Å². The topological polar surface area (TPSA) is 38.3 Å². The minimum atomic E-state index is -0.0833. The predicted octanol–water partition coefficient (Wildman–Crippen LogP) is 4.03. The Kier molecular flexibility index (Phi) is 7.74. The fraction of sp³-hybridized carbons (Fsp3) is 0.278. The molecular formula is C18H20INO2S. The van der Waals surface area contributed by atoms with Crippen LogP contribution in [-0.4, -0.2) is 24.8 Å². The molecule has 2 rings (SSSR count). The summed E-state index contributed by atoms with van der Waals surface area (Å²) in [7, 11) is 0. The van der Waals surface area contributed by atoms with E-state index < -0.39 is 0 Å². The molecule has 1 amide bonds.